The van der Waals surface area contributed by atoms with Crippen molar-refractivity contribution in [2.75, 3.05) is 5.73 Å². The molecule has 0 saturated heterocycles. The third-order valence-corrected chi connectivity index (χ3v) is 2.67. The van der Waals surface area contributed by atoms with Gasteiger partial charge in [-0.15, -0.1) is 0 Å². The predicted octanol–water partition coefficient (Wildman–Crippen LogP) is 2.81. The van der Waals surface area contributed by atoms with Crippen molar-refractivity contribution in [3.63, 3.8) is 0 Å². The summed E-state index contributed by atoms with van der Waals surface area (Å²) < 4.78 is 2.10. The van der Waals surface area contributed by atoms with Gasteiger partial charge in [0.25, 0.3) is 0 Å². The number of fused-ring (bicyclic) bond motifs is 1. The van der Waals surface area contributed by atoms with Gasteiger partial charge in [-0.3, -0.25) is 0 Å². The maximum absolute atomic E-state index is 5.89. The Labute approximate surface area is 89.9 Å². The first-order valence-corrected chi connectivity index (χ1v) is 5.53. The molecule has 15 heavy (non-hydrogen) atoms. The monoisotopic (exact) mass is 203 g/mol. The number of imidazole rings is 1. The second kappa shape index (κ2) is 4.34. The van der Waals surface area contributed by atoms with Crippen LogP contribution in [-0.4, -0.2) is 9.55 Å². The Morgan fingerprint density at radius 1 is 1.27 bits per heavy atom. The molecule has 0 saturated carbocycles. The van der Waals surface area contributed by atoms with Gasteiger partial charge >= 0.3 is 0 Å². The number of aryl methyl sites for hydroxylation is 1. The maximum Gasteiger partial charge on any atom is 0.201 e. The highest BCUT2D eigenvalue weighted by atomic mass is 15.1. The van der Waals surface area contributed by atoms with Gasteiger partial charge in [0.1, 0.15) is 0 Å². The molecule has 2 N–H and O–H groups in total. The molecule has 0 aliphatic heterocycles. The molecule has 2 rings (SSSR count). The number of unbranched alkanes of at least 4 members (excludes halogenated alkanes) is 2. The molecule has 1 aromatic carbocycles. The molecular weight excluding hydrogens is 186 g/mol. The van der Waals surface area contributed by atoms with E-state index in [9.17, 15) is 0 Å². The standard InChI is InChI=1S/C12H17N3/c1-2-3-6-9-15-11-8-5-4-7-10(11)14-12(15)13/h4-5,7-8H,2-3,6,9H2,1H3,(H2,13,14). The quantitative estimate of drug-likeness (QED) is 0.776. The molecule has 0 spiro atoms. The van der Waals surface area contributed by atoms with Crippen molar-refractivity contribution in [3.8, 4) is 0 Å². The number of nitrogens with two attached hydrogens (primary N) is 1. The average molecular weight is 203 g/mol. The third kappa shape index (κ3) is 1.96. The molecule has 0 radical (unpaired) electrons. The van der Waals surface area contributed by atoms with E-state index in [2.05, 4.69) is 22.5 Å². The van der Waals surface area contributed by atoms with Crippen LogP contribution >= 0.6 is 0 Å². The third-order valence-electron chi connectivity index (χ3n) is 2.67. The van der Waals surface area contributed by atoms with Gasteiger partial charge in [0, 0.05) is 6.54 Å². The highest BCUT2D eigenvalue weighted by molar-refractivity contribution is 5.78. The number of nitrogens with zero attached hydrogens (tertiary/aromatic N) is 2. The topological polar surface area (TPSA) is 43.8 Å². The molecule has 0 unspecified atom stereocenters. The lowest BCUT2D eigenvalue weighted by atomic mass is 10.2. The van der Waals surface area contributed by atoms with E-state index < -0.39 is 0 Å². The number of rotatable bonds is 4. The van der Waals surface area contributed by atoms with Gasteiger partial charge in [-0.2, -0.15) is 0 Å². The first kappa shape index (κ1) is 10.0. The fourth-order valence-electron chi connectivity index (χ4n) is 1.85. The van der Waals surface area contributed by atoms with Crippen LogP contribution in [0.4, 0.5) is 5.95 Å². The summed E-state index contributed by atoms with van der Waals surface area (Å²) in [6, 6.07) is 8.09. The van der Waals surface area contributed by atoms with Crippen molar-refractivity contribution in [3.05, 3.63) is 24.3 Å². The number of anilines is 1. The molecule has 0 atom stereocenters. The molecule has 1 heterocycles. The SMILES string of the molecule is CCCCCn1c(N)nc2ccccc21. The van der Waals surface area contributed by atoms with Crippen LogP contribution in [0.5, 0.6) is 0 Å². The molecule has 3 nitrogen and oxygen atoms in total. The fraction of sp³-hybridized carbons (Fsp3) is 0.417. The molecule has 0 aliphatic carbocycles. The predicted molar refractivity (Wildman–Crippen MR) is 63.7 cm³/mol. The fourth-order valence-corrected chi connectivity index (χ4v) is 1.85. The van der Waals surface area contributed by atoms with Crippen molar-refractivity contribution >= 4 is 17.0 Å². The largest absolute Gasteiger partial charge is 0.369 e. The lowest BCUT2D eigenvalue weighted by Gasteiger charge is -2.05. The van der Waals surface area contributed by atoms with Crippen LogP contribution in [0.1, 0.15) is 26.2 Å². The molecule has 0 bridgehead atoms. The van der Waals surface area contributed by atoms with E-state index in [-0.39, 0.29) is 0 Å². The van der Waals surface area contributed by atoms with Crippen molar-refractivity contribution in [2.45, 2.75) is 32.7 Å². The van der Waals surface area contributed by atoms with Crippen LogP contribution in [0.3, 0.4) is 0 Å². The minimum absolute atomic E-state index is 0.632. The Bertz CT molecular complexity index is 445. The molecular formula is C12H17N3. The summed E-state index contributed by atoms with van der Waals surface area (Å²) in [5.74, 6) is 0.632. The van der Waals surface area contributed by atoms with Crippen LogP contribution in [0.25, 0.3) is 11.0 Å². The summed E-state index contributed by atoms with van der Waals surface area (Å²) in [5, 5.41) is 0. The van der Waals surface area contributed by atoms with E-state index in [0.717, 1.165) is 17.6 Å². The second-order valence-corrected chi connectivity index (χ2v) is 3.82. The number of para-hydroxylation sites is 2. The first-order chi connectivity index (χ1) is 7.33. The summed E-state index contributed by atoms with van der Waals surface area (Å²) in [7, 11) is 0. The Balaban J connectivity index is 2.28. The Kier molecular flexibility index (Phi) is 2.90. The molecule has 80 valence electrons. The minimum Gasteiger partial charge on any atom is -0.369 e. The summed E-state index contributed by atoms with van der Waals surface area (Å²) in [6.45, 7) is 3.18. The maximum atomic E-state index is 5.89. The Morgan fingerprint density at radius 3 is 2.87 bits per heavy atom. The highest BCUT2D eigenvalue weighted by Gasteiger charge is 2.05. The number of hydrogen-bond acceptors (Lipinski definition) is 2. The summed E-state index contributed by atoms with van der Waals surface area (Å²) >= 11 is 0. The molecule has 2 aromatic rings. The number of hydrogen-bond donors (Lipinski definition) is 1. The Hall–Kier alpha value is -1.51. The van der Waals surface area contributed by atoms with E-state index in [0.29, 0.717) is 5.95 Å². The van der Waals surface area contributed by atoms with Gasteiger partial charge in [-0.25, -0.2) is 4.98 Å². The molecule has 0 amide bonds. The molecule has 1 aromatic heterocycles. The molecule has 0 aliphatic rings. The van der Waals surface area contributed by atoms with Crippen LogP contribution in [0, 0.1) is 0 Å². The van der Waals surface area contributed by atoms with E-state index in [1.54, 1.807) is 0 Å². The van der Waals surface area contributed by atoms with Crippen molar-refractivity contribution in [2.24, 2.45) is 0 Å². The molecule has 3 heteroatoms. The zero-order valence-corrected chi connectivity index (χ0v) is 9.11. The van der Waals surface area contributed by atoms with Gasteiger partial charge in [0.05, 0.1) is 11.0 Å². The van der Waals surface area contributed by atoms with Crippen LogP contribution in [0.2, 0.25) is 0 Å². The van der Waals surface area contributed by atoms with Gasteiger partial charge in [0.2, 0.25) is 5.95 Å². The number of nitrogen functional groups attached to an aromatic ring is 1. The Morgan fingerprint density at radius 2 is 2.07 bits per heavy atom. The van der Waals surface area contributed by atoms with E-state index in [1.807, 2.05) is 18.2 Å². The van der Waals surface area contributed by atoms with Crippen molar-refractivity contribution in [1.82, 2.24) is 9.55 Å². The van der Waals surface area contributed by atoms with E-state index in [4.69, 9.17) is 5.73 Å². The minimum atomic E-state index is 0.632. The lowest BCUT2D eigenvalue weighted by molar-refractivity contribution is 0.619. The van der Waals surface area contributed by atoms with Crippen LogP contribution < -0.4 is 5.73 Å². The zero-order chi connectivity index (χ0) is 10.7. The average Bonchev–Trinajstić information content (AvgIpc) is 2.56. The van der Waals surface area contributed by atoms with Crippen LogP contribution in [-0.2, 0) is 6.54 Å². The number of benzene rings is 1. The number of aromatic nitrogens is 2. The second-order valence-electron chi connectivity index (χ2n) is 3.82. The van der Waals surface area contributed by atoms with Crippen molar-refractivity contribution < 1.29 is 0 Å². The highest BCUT2D eigenvalue weighted by Crippen LogP contribution is 2.18. The lowest BCUT2D eigenvalue weighted by Crippen LogP contribution is -2.03. The van der Waals surface area contributed by atoms with E-state index >= 15 is 0 Å². The van der Waals surface area contributed by atoms with Crippen molar-refractivity contribution in [1.29, 1.82) is 0 Å². The summed E-state index contributed by atoms with van der Waals surface area (Å²) in [4.78, 5) is 4.33. The normalized spacial score (nSPS) is 11.0. The van der Waals surface area contributed by atoms with Crippen LogP contribution in [0.15, 0.2) is 24.3 Å². The smallest absolute Gasteiger partial charge is 0.201 e. The van der Waals surface area contributed by atoms with Gasteiger partial charge < -0.3 is 10.3 Å². The van der Waals surface area contributed by atoms with Gasteiger partial charge in [0.15, 0.2) is 0 Å². The first-order valence-electron chi connectivity index (χ1n) is 5.53. The van der Waals surface area contributed by atoms with Gasteiger partial charge in [-0.05, 0) is 18.6 Å². The van der Waals surface area contributed by atoms with E-state index in [1.165, 1.54) is 19.3 Å². The molecule has 0 fully saturated rings. The summed E-state index contributed by atoms with van der Waals surface area (Å²) in [5.41, 5.74) is 8.02. The zero-order valence-electron chi connectivity index (χ0n) is 9.11. The summed E-state index contributed by atoms with van der Waals surface area (Å²) in [6.07, 6.45) is 3.64. The van der Waals surface area contributed by atoms with Gasteiger partial charge in [-0.1, -0.05) is 31.9 Å².